The molecule has 13 heavy (non-hydrogen) atoms. The molecular weight excluding hydrogens is 209 g/mol. The van der Waals surface area contributed by atoms with Crippen LogP contribution in [0.15, 0.2) is 0 Å². The Hall–Kier alpha value is 1.11. The van der Waals surface area contributed by atoms with Gasteiger partial charge in [0.15, 0.2) is 0 Å². The van der Waals surface area contributed by atoms with Gasteiger partial charge in [-0.2, -0.15) is 0 Å². The summed E-state index contributed by atoms with van der Waals surface area (Å²) in [5, 5.41) is 3.04. The van der Waals surface area contributed by atoms with Crippen LogP contribution in [0.4, 0.5) is 0 Å². The van der Waals surface area contributed by atoms with Crippen LogP contribution in [0.25, 0.3) is 0 Å². The maximum atomic E-state index is 4.77. The molecule has 1 aliphatic rings. The predicted molar refractivity (Wildman–Crippen MR) is 59.2 cm³/mol. The summed E-state index contributed by atoms with van der Waals surface area (Å²) in [5.74, 6) is 0.926. The summed E-state index contributed by atoms with van der Waals surface area (Å²) in [6.45, 7) is 0.979. The van der Waals surface area contributed by atoms with E-state index in [0.29, 0.717) is 4.32 Å². The topological polar surface area (TPSA) is 12.0 Å². The van der Waals surface area contributed by atoms with E-state index < -0.39 is 0 Å². The Bertz CT molecular complexity index is 147. The summed E-state index contributed by atoms with van der Waals surface area (Å²) < 4.78 is 0.519. The van der Waals surface area contributed by atoms with E-state index in [1.807, 2.05) is 0 Å². The van der Waals surface area contributed by atoms with E-state index in [2.05, 4.69) is 5.32 Å². The van der Waals surface area contributed by atoms with Gasteiger partial charge in [0, 0.05) is 6.54 Å². The molecule has 0 spiro atoms. The van der Waals surface area contributed by atoms with Crippen LogP contribution in [0.2, 0.25) is 0 Å². The molecule has 70 valence electrons. The van der Waals surface area contributed by atoms with E-state index >= 15 is 0 Å². The van der Waals surface area contributed by atoms with Gasteiger partial charge in [0.25, 0.3) is 0 Å². The van der Waals surface area contributed by atoms with Gasteiger partial charge < -0.3 is 30.2 Å². The molecule has 0 aromatic heterocycles. The van der Waals surface area contributed by atoms with Gasteiger partial charge in [0.1, 0.15) is 0 Å². The largest absolute Gasteiger partial charge is 1.00 e. The van der Waals surface area contributed by atoms with Crippen LogP contribution in [0.1, 0.15) is 38.5 Å². The molecule has 0 unspecified atom stereocenters. The van der Waals surface area contributed by atoms with Gasteiger partial charge in [-0.05, 0) is 12.3 Å². The number of hydrogen-bond donors (Lipinski definition) is 1. The fourth-order valence-corrected chi connectivity index (χ4v) is 2.06. The van der Waals surface area contributed by atoms with Crippen molar-refractivity contribution >= 4 is 29.2 Å². The van der Waals surface area contributed by atoms with E-state index in [1.165, 1.54) is 38.5 Å². The second-order valence-corrected chi connectivity index (χ2v) is 4.58. The Labute approximate surface area is 114 Å². The molecule has 0 heterocycles. The van der Waals surface area contributed by atoms with Gasteiger partial charge in [-0.25, -0.2) is 0 Å². The zero-order valence-electron chi connectivity index (χ0n) is 8.34. The van der Waals surface area contributed by atoms with Crippen molar-refractivity contribution in [2.24, 2.45) is 5.92 Å². The zero-order valence-corrected chi connectivity index (χ0v) is 12.0. The van der Waals surface area contributed by atoms with Crippen molar-refractivity contribution in [3.8, 4) is 0 Å². The van der Waals surface area contributed by atoms with E-state index in [0.717, 1.165) is 12.5 Å². The fourth-order valence-electron chi connectivity index (χ4n) is 1.85. The average Bonchev–Trinajstić information content (AvgIpc) is 2.05. The first-order chi connectivity index (χ1) is 5.79. The standard InChI is InChI=1S/C9H17NS2.Na/c11-9(12)10-7-6-8-4-2-1-3-5-8;/h8H,1-7H2,(H2,10,11,12);/q;+1/p-1. The Kier molecular flexibility index (Phi) is 9.14. The fraction of sp³-hybridized carbons (Fsp3) is 0.889. The second kappa shape index (κ2) is 8.42. The van der Waals surface area contributed by atoms with Crippen LogP contribution >= 0.6 is 12.2 Å². The van der Waals surface area contributed by atoms with Gasteiger partial charge >= 0.3 is 29.6 Å². The van der Waals surface area contributed by atoms with Gasteiger partial charge in [-0.1, -0.05) is 36.4 Å². The number of rotatable bonds is 3. The van der Waals surface area contributed by atoms with Gasteiger partial charge in [0.05, 0.1) is 0 Å². The van der Waals surface area contributed by atoms with E-state index in [-0.39, 0.29) is 29.6 Å². The summed E-state index contributed by atoms with van der Waals surface area (Å²) in [4.78, 5) is 0. The molecule has 0 radical (unpaired) electrons. The maximum Gasteiger partial charge on any atom is 1.00 e. The van der Waals surface area contributed by atoms with Crippen LogP contribution in [0.3, 0.4) is 0 Å². The van der Waals surface area contributed by atoms with Gasteiger partial charge in [0.2, 0.25) is 0 Å². The predicted octanol–water partition coefficient (Wildman–Crippen LogP) is -0.618. The Morgan fingerprint density at radius 3 is 2.46 bits per heavy atom. The molecule has 1 fully saturated rings. The summed E-state index contributed by atoms with van der Waals surface area (Å²) in [5.41, 5.74) is 0. The van der Waals surface area contributed by atoms with E-state index in [4.69, 9.17) is 24.8 Å². The molecule has 0 bridgehead atoms. The van der Waals surface area contributed by atoms with E-state index in [9.17, 15) is 0 Å². The van der Waals surface area contributed by atoms with Crippen LogP contribution in [-0.2, 0) is 12.6 Å². The Balaban J connectivity index is 0.00000144. The first-order valence-corrected chi connectivity index (χ1v) is 5.55. The molecule has 1 saturated carbocycles. The third kappa shape index (κ3) is 7.09. The van der Waals surface area contributed by atoms with Crippen molar-refractivity contribution in [1.29, 1.82) is 0 Å². The third-order valence-electron chi connectivity index (χ3n) is 2.55. The van der Waals surface area contributed by atoms with E-state index in [1.54, 1.807) is 0 Å². The molecule has 0 aliphatic heterocycles. The Morgan fingerprint density at radius 1 is 1.31 bits per heavy atom. The third-order valence-corrected chi connectivity index (χ3v) is 2.84. The van der Waals surface area contributed by atoms with Crippen LogP contribution in [0.5, 0.6) is 0 Å². The summed E-state index contributed by atoms with van der Waals surface area (Å²) >= 11 is 9.53. The molecule has 0 saturated heterocycles. The van der Waals surface area contributed by atoms with Gasteiger partial charge in [-0.15, -0.1) is 0 Å². The van der Waals surface area contributed by atoms with Crippen LogP contribution in [-0.4, -0.2) is 10.9 Å². The normalized spacial score (nSPS) is 17.5. The maximum absolute atomic E-state index is 4.77. The smallest absolute Gasteiger partial charge is 0.412 e. The summed E-state index contributed by atoms with van der Waals surface area (Å²) in [6.07, 6.45) is 8.34. The monoisotopic (exact) mass is 225 g/mol. The van der Waals surface area contributed by atoms with Crippen molar-refractivity contribution in [1.82, 2.24) is 5.32 Å². The first-order valence-electron chi connectivity index (χ1n) is 4.74. The molecule has 0 aromatic carbocycles. The Morgan fingerprint density at radius 2 is 1.92 bits per heavy atom. The molecule has 0 amide bonds. The molecule has 4 heteroatoms. The minimum atomic E-state index is 0. The number of thiocarbonyl (C=S) groups is 1. The molecule has 1 nitrogen and oxygen atoms in total. The number of nitrogens with one attached hydrogen (secondary N) is 1. The molecule has 1 aliphatic carbocycles. The summed E-state index contributed by atoms with van der Waals surface area (Å²) in [6, 6.07) is 0. The zero-order chi connectivity index (χ0) is 8.81. The van der Waals surface area contributed by atoms with Crippen LogP contribution in [0, 0.1) is 5.92 Å². The quantitative estimate of drug-likeness (QED) is 0.391. The average molecular weight is 225 g/mol. The second-order valence-electron chi connectivity index (χ2n) is 3.51. The van der Waals surface area contributed by atoms with Crippen molar-refractivity contribution in [3.05, 3.63) is 0 Å². The minimum absolute atomic E-state index is 0. The van der Waals surface area contributed by atoms with Gasteiger partial charge in [-0.3, -0.25) is 0 Å². The van der Waals surface area contributed by atoms with Crippen molar-refractivity contribution in [2.75, 3.05) is 6.54 Å². The summed E-state index contributed by atoms with van der Waals surface area (Å²) in [7, 11) is 0. The molecule has 1 rings (SSSR count). The van der Waals surface area contributed by atoms with Crippen molar-refractivity contribution in [3.63, 3.8) is 0 Å². The molecule has 0 aromatic rings. The molecule has 0 atom stereocenters. The van der Waals surface area contributed by atoms with Crippen molar-refractivity contribution < 1.29 is 29.6 Å². The van der Waals surface area contributed by atoms with Crippen LogP contribution < -0.4 is 34.9 Å². The minimum Gasteiger partial charge on any atom is -0.412 e. The molecular formula is C9H16NNaS2. The first kappa shape index (κ1) is 14.1. The molecule has 1 N–H and O–H groups in total. The SMILES string of the molecule is S=C([S-])NCCC1CCCCC1.[Na+]. The van der Waals surface area contributed by atoms with Crippen molar-refractivity contribution in [2.45, 2.75) is 38.5 Å². The number of hydrogen-bond acceptors (Lipinski definition) is 2.